The molecule has 0 saturated carbocycles. The maximum absolute atomic E-state index is 12.3. The molecule has 2 N–H and O–H groups in total. The molecule has 9 nitrogen and oxygen atoms in total. The van der Waals surface area contributed by atoms with Gasteiger partial charge in [-0.3, -0.25) is 14.9 Å². The average molecular weight is 407 g/mol. The van der Waals surface area contributed by atoms with Gasteiger partial charge in [0, 0.05) is 25.6 Å². The third-order valence-electron chi connectivity index (χ3n) is 4.04. The number of carbonyl (C=O) groups is 1. The van der Waals surface area contributed by atoms with Crippen LogP contribution in [0.5, 0.6) is 5.75 Å². The van der Waals surface area contributed by atoms with Gasteiger partial charge in [-0.05, 0) is 30.2 Å². The summed E-state index contributed by atoms with van der Waals surface area (Å²) in [5.41, 5.74) is 1.56. The van der Waals surface area contributed by atoms with Crippen LogP contribution in [-0.2, 0) is 21.4 Å². The second-order valence-electron chi connectivity index (χ2n) is 5.94. The molecule has 0 heterocycles. The van der Waals surface area contributed by atoms with E-state index in [1.54, 1.807) is 0 Å². The summed E-state index contributed by atoms with van der Waals surface area (Å²) in [5.74, 6) is -0.355. The second kappa shape index (κ2) is 9.29. The van der Waals surface area contributed by atoms with Crippen LogP contribution in [0.4, 0.5) is 5.69 Å². The Morgan fingerprint density at radius 2 is 1.93 bits per heavy atom. The number of rotatable bonds is 9. The summed E-state index contributed by atoms with van der Waals surface area (Å²) >= 11 is 0. The van der Waals surface area contributed by atoms with E-state index in [9.17, 15) is 23.3 Å². The largest absolute Gasteiger partial charge is 0.490 e. The molecule has 150 valence electrons. The van der Waals surface area contributed by atoms with Crippen LogP contribution in [0.25, 0.3) is 0 Å². The van der Waals surface area contributed by atoms with Crippen LogP contribution in [0.3, 0.4) is 0 Å². The van der Waals surface area contributed by atoms with E-state index in [0.717, 1.165) is 17.2 Å². The average Bonchev–Trinajstić information content (AvgIpc) is 2.66. The molecule has 0 aliphatic carbocycles. The Labute approximate surface area is 162 Å². The number of nitrogens with one attached hydrogen (secondary N) is 2. The van der Waals surface area contributed by atoms with Crippen molar-refractivity contribution in [2.24, 2.45) is 0 Å². The number of benzene rings is 2. The second-order valence-corrected chi connectivity index (χ2v) is 7.71. The van der Waals surface area contributed by atoms with E-state index in [2.05, 4.69) is 10.0 Å². The molecule has 0 radical (unpaired) electrons. The topological polar surface area (TPSA) is 128 Å². The fraction of sp³-hybridized carbons (Fsp3) is 0.278. The molecule has 2 aromatic carbocycles. The molecule has 0 spiro atoms. The Morgan fingerprint density at radius 1 is 1.21 bits per heavy atom. The van der Waals surface area contributed by atoms with E-state index in [0.29, 0.717) is 6.54 Å². The van der Waals surface area contributed by atoms with Crippen LogP contribution in [-0.4, -0.2) is 32.9 Å². The minimum atomic E-state index is -4.00. The zero-order valence-electron chi connectivity index (χ0n) is 15.5. The number of carbonyl (C=O) groups excluding carboxylic acids is 1. The number of sulfonamides is 1. The minimum absolute atomic E-state index is 0.0421. The van der Waals surface area contributed by atoms with Crippen molar-refractivity contribution in [3.8, 4) is 5.75 Å². The predicted molar refractivity (Wildman–Crippen MR) is 102 cm³/mol. The van der Waals surface area contributed by atoms with Gasteiger partial charge in [-0.25, -0.2) is 13.1 Å². The minimum Gasteiger partial charge on any atom is -0.490 e. The van der Waals surface area contributed by atoms with E-state index in [-0.39, 0.29) is 29.5 Å². The van der Waals surface area contributed by atoms with E-state index in [1.807, 2.05) is 31.2 Å². The van der Waals surface area contributed by atoms with Gasteiger partial charge in [-0.1, -0.05) is 24.3 Å². The number of aryl methyl sites for hydroxylation is 1. The van der Waals surface area contributed by atoms with Gasteiger partial charge in [0.05, 0.1) is 16.9 Å². The predicted octanol–water partition coefficient (Wildman–Crippen LogP) is 1.90. The molecule has 0 saturated heterocycles. The molecular weight excluding hydrogens is 386 g/mol. The highest BCUT2D eigenvalue weighted by atomic mass is 32.2. The normalized spacial score (nSPS) is 11.1. The van der Waals surface area contributed by atoms with Crippen molar-refractivity contribution >= 4 is 21.6 Å². The molecule has 2 rings (SSSR count). The number of ether oxygens (including phenoxy) is 1. The van der Waals surface area contributed by atoms with Gasteiger partial charge in [-0.15, -0.1) is 0 Å². The molecule has 0 aliphatic heterocycles. The standard InChI is InChI=1S/C18H21N3O6S/c1-13-5-3-4-6-14(13)12-19-18(22)9-10-20-28(25,26)15-7-8-17(27-2)16(11-15)21(23)24/h3-8,11,20H,9-10,12H2,1-2H3,(H,19,22). The van der Waals surface area contributed by atoms with E-state index in [1.165, 1.54) is 19.2 Å². The molecule has 10 heteroatoms. The number of hydrogen-bond acceptors (Lipinski definition) is 6. The molecule has 0 fully saturated rings. The van der Waals surface area contributed by atoms with Gasteiger partial charge in [0.2, 0.25) is 15.9 Å². The van der Waals surface area contributed by atoms with Crippen LogP contribution in [0.2, 0.25) is 0 Å². The lowest BCUT2D eigenvalue weighted by Gasteiger charge is -2.09. The van der Waals surface area contributed by atoms with Gasteiger partial charge in [0.1, 0.15) is 0 Å². The molecule has 0 aromatic heterocycles. The first-order chi connectivity index (χ1) is 13.2. The molecule has 28 heavy (non-hydrogen) atoms. The number of amides is 1. The molecule has 1 amide bonds. The van der Waals surface area contributed by atoms with Gasteiger partial charge in [-0.2, -0.15) is 0 Å². The van der Waals surface area contributed by atoms with Crippen LogP contribution < -0.4 is 14.8 Å². The Morgan fingerprint density at radius 3 is 2.57 bits per heavy atom. The smallest absolute Gasteiger partial charge is 0.312 e. The van der Waals surface area contributed by atoms with Crippen molar-refractivity contribution in [2.45, 2.75) is 24.8 Å². The van der Waals surface area contributed by atoms with Crippen LogP contribution in [0.15, 0.2) is 47.4 Å². The van der Waals surface area contributed by atoms with Crippen LogP contribution in [0.1, 0.15) is 17.5 Å². The van der Waals surface area contributed by atoms with Gasteiger partial charge >= 0.3 is 5.69 Å². The summed E-state index contributed by atoms with van der Waals surface area (Å²) in [6, 6.07) is 10.9. The first-order valence-corrected chi connectivity index (χ1v) is 9.86. The number of nitrogens with zero attached hydrogens (tertiary/aromatic N) is 1. The highest BCUT2D eigenvalue weighted by Gasteiger charge is 2.22. The Hall–Kier alpha value is -2.98. The maximum atomic E-state index is 12.3. The monoisotopic (exact) mass is 407 g/mol. The number of nitro benzene ring substituents is 1. The summed E-state index contributed by atoms with van der Waals surface area (Å²) in [7, 11) is -2.75. The molecule has 2 aromatic rings. The van der Waals surface area contributed by atoms with E-state index >= 15 is 0 Å². The summed E-state index contributed by atoms with van der Waals surface area (Å²) in [6.07, 6.45) is -0.0661. The summed E-state index contributed by atoms with van der Waals surface area (Å²) in [4.78, 5) is 22.0. The summed E-state index contributed by atoms with van der Waals surface area (Å²) in [5, 5.41) is 13.8. The fourth-order valence-corrected chi connectivity index (χ4v) is 3.50. The van der Waals surface area contributed by atoms with Crippen LogP contribution >= 0.6 is 0 Å². The Kier molecular flexibility index (Phi) is 7.07. The summed E-state index contributed by atoms with van der Waals surface area (Å²) < 4.78 is 31.7. The first-order valence-electron chi connectivity index (χ1n) is 8.38. The summed E-state index contributed by atoms with van der Waals surface area (Å²) in [6.45, 7) is 2.15. The quantitative estimate of drug-likeness (QED) is 0.483. The fourth-order valence-electron chi connectivity index (χ4n) is 2.45. The third kappa shape index (κ3) is 5.51. The Balaban J connectivity index is 1.93. The Bertz CT molecular complexity index is 975. The molecule has 0 unspecified atom stereocenters. The lowest BCUT2D eigenvalue weighted by atomic mass is 10.1. The van der Waals surface area contributed by atoms with Gasteiger partial charge < -0.3 is 10.1 Å². The van der Waals surface area contributed by atoms with Crippen molar-refractivity contribution in [3.05, 3.63) is 63.7 Å². The number of methoxy groups -OCH3 is 1. The van der Waals surface area contributed by atoms with Crippen molar-refractivity contribution in [1.82, 2.24) is 10.0 Å². The molecule has 0 aliphatic rings. The molecule has 0 bridgehead atoms. The highest BCUT2D eigenvalue weighted by Crippen LogP contribution is 2.29. The third-order valence-corrected chi connectivity index (χ3v) is 5.50. The zero-order chi connectivity index (χ0) is 20.7. The number of hydrogen-bond donors (Lipinski definition) is 2. The van der Waals surface area contributed by atoms with E-state index < -0.39 is 20.6 Å². The van der Waals surface area contributed by atoms with Gasteiger partial charge in [0.25, 0.3) is 0 Å². The maximum Gasteiger partial charge on any atom is 0.312 e. The van der Waals surface area contributed by atoms with E-state index in [4.69, 9.17) is 4.74 Å². The molecule has 0 atom stereocenters. The number of nitro groups is 1. The highest BCUT2D eigenvalue weighted by molar-refractivity contribution is 7.89. The first kappa shape index (κ1) is 21.3. The van der Waals surface area contributed by atoms with Crippen LogP contribution in [0, 0.1) is 17.0 Å². The lowest BCUT2D eigenvalue weighted by Crippen LogP contribution is -2.30. The molecular formula is C18H21N3O6S. The lowest BCUT2D eigenvalue weighted by molar-refractivity contribution is -0.386. The van der Waals surface area contributed by atoms with Crippen molar-refractivity contribution in [3.63, 3.8) is 0 Å². The van der Waals surface area contributed by atoms with Gasteiger partial charge in [0.15, 0.2) is 5.75 Å². The van der Waals surface area contributed by atoms with Crippen molar-refractivity contribution in [2.75, 3.05) is 13.7 Å². The van der Waals surface area contributed by atoms with Crippen molar-refractivity contribution < 1.29 is 22.9 Å². The zero-order valence-corrected chi connectivity index (χ0v) is 16.3. The SMILES string of the molecule is COc1ccc(S(=O)(=O)NCCC(=O)NCc2ccccc2C)cc1[N+](=O)[O-]. The van der Waals surface area contributed by atoms with Crippen molar-refractivity contribution in [1.29, 1.82) is 0 Å².